The molecule has 3 heterocycles. The van der Waals surface area contributed by atoms with E-state index in [1.165, 1.54) is 17.2 Å². The molecule has 1 aliphatic heterocycles. The van der Waals surface area contributed by atoms with Gasteiger partial charge in [-0.15, -0.1) is 0 Å². The summed E-state index contributed by atoms with van der Waals surface area (Å²) >= 11 is 0. The van der Waals surface area contributed by atoms with E-state index in [2.05, 4.69) is 26.7 Å². The Balaban J connectivity index is 1.57. The van der Waals surface area contributed by atoms with Gasteiger partial charge in [-0.05, 0) is 62.2 Å². The van der Waals surface area contributed by atoms with Gasteiger partial charge in [0.25, 0.3) is 0 Å². The van der Waals surface area contributed by atoms with Gasteiger partial charge in [0.1, 0.15) is 11.5 Å². The van der Waals surface area contributed by atoms with Crippen molar-refractivity contribution in [3.8, 4) is 11.3 Å². The third-order valence-electron chi connectivity index (χ3n) is 5.90. The van der Waals surface area contributed by atoms with Gasteiger partial charge in [0.2, 0.25) is 5.95 Å². The molecule has 6 nitrogen and oxygen atoms in total. The standard InChI is InChI=1S/C25H23F2N5O/c1-14(2)32-8-6-22(33)23-19(26)10-16(11-21(23)32)24-20(27)13-29-25(31-24)30-18-4-3-15-5-7-28-12-17(15)9-18/h3-4,6,8-11,13-14,28H,5,7,12H2,1-2H3,(H,29,30,31). The van der Waals surface area contributed by atoms with Crippen molar-refractivity contribution in [1.82, 2.24) is 19.9 Å². The van der Waals surface area contributed by atoms with Crippen LogP contribution in [0.2, 0.25) is 0 Å². The van der Waals surface area contributed by atoms with Crippen LogP contribution in [-0.4, -0.2) is 21.1 Å². The summed E-state index contributed by atoms with van der Waals surface area (Å²) in [6.45, 7) is 5.59. The normalized spacial score (nSPS) is 13.4. The molecule has 8 heteroatoms. The highest BCUT2D eigenvalue weighted by atomic mass is 19.1. The summed E-state index contributed by atoms with van der Waals surface area (Å²) in [5, 5.41) is 6.43. The molecule has 0 atom stereocenters. The van der Waals surface area contributed by atoms with Crippen molar-refractivity contribution < 1.29 is 8.78 Å². The second-order valence-electron chi connectivity index (χ2n) is 8.46. The summed E-state index contributed by atoms with van der Waals surface area (Å²) in [5.41, 5.74) is 3.44. The van der Waals surface area contributed by atoms with E-state index in [4.69, 9.17) is 0 Å². The van der Waals surface area contributed by atoms with Gasteiger partial charge >= 0.3 is 0 Å². The van der Waals surface area contributed by atoms with E-state index in [1.54, 1.807) is 16.8 Å². The van der Waals surface area contributed by atoms with E-state index in [1.807, 2.05) is 26.0 Å². The van der Waals surface area contributed by atoms with Crippen molar-refractivity contribution in [1.29, 1.82) is 0 Å². The summed E-state index contributed by atoms with van der Waals surface area (Å²) in [5.74, 6) is -1.19. The van der Waals surface area contributed by atoms with E-state index in [-0.39, 0.29) is 28.6 Å². The molecule has 1 aliphatic rings. The number of aromatic nitrogens is 3. The zero-order chi connectivity index (χ0) is 23.1. The zero-order valence-corrected chi connectivity index (χ0v) is 18.3. The third kappa shape index (κ3) is 3.98. The molecule has 0 fully saturated rings. The minimum atomic E-state index is -0.711. The molecule has 5 rings (SSSR count). The molecule has 0 bridgehead atoms. The lowest BCUT2D eigenvalue weighted by Gasteiger charge is -2.18. The molecule has 4 aromatic rings. The van der Waals surface area contributed by atoms with Crippen molar-refractivity contribution in [3.05, 3.63) is 81.8 Å². The first kappa shape index (κ1) is 21.2. The van der Waals surface area contributed by atoms with Crippen molar-refractivity contribution in [2.24, 2.45) is 0 Å². The van der Waals surface area contributed by atoms with Crippen LogP contribution in [0.5, 0.6) is 0 Å². The Morgan fingerprint density at radius 2 is 1.94 bits per heavy atom. The number of hydrogen-bond acceptors (Lipinski definition) is 5. The lowest BCUT2D eigenvalue weighted by Crippen LogP contribution is -2.23. The van der Waals surface area contributed by atoms with Gasteiger partial charge in [0.05, 0.1) is 17.1 Å². The van der Waals surface area contributed by atoms with Crippen molar-refractivity contribution >= 4 is 22.5 Å². The Kier molecular flexibility index (Phi) is 5.38. The van der Waals surface area contributed by atoms with Crippen LogP contribution in [0.3, 0.4) is 0 Å². The fraction of sp³-hybridized carbons (Fsp3) is 0.240. The highest BCUT2D eigenvalue weighted by Gasteiger charge is 2.17. The minimum absolute atomic E-state index is 0.0197. The van der Waals surface area contributed by atoms with Crippen molar-refractivity contribution in [3.63, 3.8) is 0 Å². The summed E-state index contributed by atoms with van der Waals surface area (Å²) in [7, 11) is 0. The van der Waals surface area contributed by atoms with Crippen LogP contribution < -0.4 is 16.1 Å². The Labute approximate surface area is 189 Å². The number of benzene rings is 2. The quantitative estimate of drug-likeness (QED) is 0.474. The fourth-order valence-corrected chi connectivity index (χ4v) is 4.26. The van der Waals surface area contributed by atoms with E-state index < -0.39 is 17.1 Å². The molecule has 2 N–H and O–H groups in total. The summed E-state index contributed by atoms with van der Waals surface area (Å²) in [4.78, 5) is 20.7. The highest BCUT2D eigenvalue weighted by molar-refractivity contribution is 5.85. The van der Waals surface area contributed by atoms with Crippen molar-refractivity contribution in [2.45, 2.75) is 32.9 Å². The fourth-order valence-electron chi connectivity index (χ4n) is 4.26. The number of rotatable bonds is 4. The second kappa shape index (κ2) is 8.37. The molecule has 2 aromatic heterocycles. The molecule has 0 spiro atoms. The minimum Gasteiger partial charge on any atom is -0.345 e. The average Bonchev–Trinajstić information content (AvgIpc) is 2.80. The van der Waals surface area contributed by atoms with Crippen LogP contribution in [0.25, 0.3) is 22.2 Å². The van der Waals surface area contributed by atoms with Gasteiger partial charge in [-0.3, -0.25) is 4.79 Å². The molecule has 168 valence electrons. The first-order chi connectivity index (χ1) is 15.9. The van der Waals surface area contributed by atoms with E-state index in [0.29, 0.717) is 5.52 Å². The molecule has 0 radical (unpaired) electrons. The van der Waals surface area contributed by atoms with Crippen LogP contribution >= 0.6 is 0 Å². The Morgan fingerprint density at radius 3 is 2.76 bits per heavy atom. The van der Waals surface area contributed by atoms with E-state index in [9.17, 15) is 13.6 Å². The smallest absolute Gasteiger partial charge is 0.227 e. The first-order valence-electron chi connectivity index (χ1n) is 10.9. The molecule has 33 heavy (non-hydrogen) atoms. The molecule has 0 amide bonds. The molecular formula is C25H23F2N5O. The first-order valence-corrected chi connectivity index (χ1v) is 10.9. The van der Waals surface area contributed by atoms with Gasteiger partial charge in [0, 0.05) is 36.1 Å². The van der Waals surface area contributed by atoms with Gasteiger partial charge < -0.3 is 15.2 Å². The monoisotopic (exact) mass is 447 g/mol. The van der Waals surface area contributed by atoms with Crippen LogP contribution in [0, 0.1) is 11.6 Å². The maximum absolute atomic E-state index is 15.0. The number of hydrogen-bond donors (Lipinski definition) is 2. The molecule has 0 unspecified atom stereocenters. The topological polar surface area (TPSA) is 71.8 Å². The summed E-state index contributed by atoms with van der Waals surface area (Å²) in [6, 6.07) is 10.1. The molecule has 0 saturated heterocycles. The lowest BCUT2D eigenvalue weighted by atomic mass is 10.0. The number of pyridine rings is 1. The SMILES string of the molecule is CC(C)n1ccc(=O)c2c(F)cc(-c3nc(Nc4ccc5c(c4)CNCC5)ncc3F)cc21. The van der Waals surface area contributed by atoms with Crippen LogP contribution in [0.4, 0.5) is 20.4 Å². The van der Waals surface area contributed by atoms with Crippen LogP contribution in [0.1, 0.15) is 31.0 Å². The highest BCUT2D eigenvalue weighted by Crippen LogP contribution is 2.29. The Bertz CT molecular complexity index is 1430. The molecule has 2 aromatic carbocycles. The van der Waals surface area contributed by atoms with Gasteiger partial charge in [-0.1, -0.05) is 6.07 Å². The maximum Gasteiger partial charge on any atom is 0.227 e. The predicted molar refractivity (Wildman–Crippen MR) is 125 cm³/mol. The molecular weight excluding hydrogens is 424 g/mol. The Morgan fingerprint density at radius 1 is 1.09 bits per heavy atom. The van der Waals surface area contributed by atoms with Gasteiger partial charge in [0.15, 0.2) is 11.2 Å². The maximum atomic E-state index is 15.0. The molecule has 0 saturated carbocycles. The number of nitrogens with one attached hydrogen (secondary N) is 2. The Hall–Kier alpha value is -3.65. The third-order valence-corrected chi connectivity index (χ3v) is 5.90. The number of nitrogens with zero attached hydrogens (tertiary/aromatic N) is 3. The number of anilines is 2. The number of fused-ring (bicyclic) bond motifs is 2. The second-order valence-corrected chi connectivity index (χ2v) is 8.46. The average molecular weight is 447 g/mol. The number of halogens is 2. The van der Waals surface area contributed by atoms with E-state index in [0.717, 1.165) is 37.5 Å². The predicted octanol–water partition coefficient (Wildman–Crippen LogP) is 4.71. The van der Waals surface area contributed by atoms with E-state index >= 15 is 0 Å². The zero-order valence-electron chi connectivity index (χ0n) is 18.3. The lowest BCUT2D eigenvalue weighted by molar-refractivity contribution is 0.609. The van der Waals surface area contributed by atoms with Gasteiger partial charge in [-0.25, -0.2) is 18.7 Å². The van der Waals surface area contributed by atoms with Crippen LogP contribution in [-0.2, 0) is 13.0 Å². The van der Waals surface area contributed by atoms with Crippen molar-refractivity contribution in [2.75, 3.05) is 11.9 Å². The van der Waals surface area contributed by atoms with Crippen LogP contribution in [0.15, 0.2) is 53.6 Å². The molecule has 0 aliphatic carbocycles. The van der Waals surface area contributed by atoms with Gasteiger partial charge in [-0.2, -0.15) is 0 Å². The largest absolute Gasteiger partial charge is 0.345 e. The summed E-state index contributed by atoms with van der Waals surface area (Å²) < 4.78 is 31.5. The summed E-state index contributed by atoms with van der Waals surface area (Å²) in [6.07, 6.45) is 3.65.